The van der Waals surface area contributed by atoms with Crippen LogP contribution in [0.4, 0.5) is 0 Å². The van der Waals surface area contributed by atoms with Gasteiger partial charge in [0.15, 0.2) is 5.78 Å². The number of carbonyl (C=O) groups is 3. The van der Waals surface area contributed by atoms with Crippen molar-refractivity contribution in [3.05, 3.63) is 58.3 Å². The third kappa shape index (κ3) is 3.17. The molecule has 24 heavy (non-hydrogen) atoms. The van der Waals surface area contributed by atoms with Crippen molar-refractivity contribution in [2.24, 2.45) is 5.92 Å². The first-order chi connectivity index (χ1) is 11.6. The molecule has 4 nitrogen and oxygen atoms in total. The van der Waals surface area contributed by atoms with Crippen LogP contribution in [-0.4, -0.2) is 28.9 Å². The summed E-state index contributed by atoms with van der Waals surface area (Å²) in [5.74, 6) is -1.28. The van der Waals surface area contributed by atoms with Crippen LogP contribution in [0.5, 0.6) is 0 Å². The standard InChI is InChI=1S/C19H19NO3S/c1-13(21)17(19(23)14-7-3-2-4-8-14)18(15-9-6-12-24-15)20-11-5-10-16(20)22/h2-4,6-9,12,17-18H,5,10-11H2,1H3. The van der Waals surface area contributed by atoms with Gasteiger partial charge in [-0.25, -0.2) is 0 Å². The Balaban J connectivity index is 2.04. The van der Waals surface area contributed by atoms with Crippen LogP contribution in [0.1, 0.15) is 41.0 Å². The first-order valence-corrected chi connectivity index (χ1v) is 8.90. The lowest BCUT2D eigenvalue weighted by Crippen LogP contribution is -2.40. The van der Waals surface area contributed by atoms with Crippen LogP contribution < -0.4 is 0 Å². The molecule has 2 aromatic rings. The monoisotopic (exact) mass is 341 g/mol. The molecule has 1 aromatic heterocycles. The third-order valence-electron chi connectivity index (χ3n) is 4.37. The summed E-state index contributed by atoms with van der Waals surface area (Å²) in [6.07, 6.45) is 1.25. The molecule has 1 aliphatic heterocycles. The minimum atomic E-state index is -0.867. The van der Waals surface area contributed by atoms with Gasteiger partial charge < -0.3 is 4.90 Å². The fraction of sp³-hybridized carbons (Fsp3) is 0.316. The van der Waals surface area contributed by atoms with Gasteiger partial charge in [-0.05, 0) is 24.8 Å². The van der Waals surface area contributed by atoms with Crippen LogP contribution in [-0.2, 0) is 9.59 Å². The molecule has 0 bridgehead atoms. The van der Waals surface area contributed by atoms with E-state index in [2.05, 4.69) is 0 Å². The largest absolute Gasteiger partial charge is 0.334 e. The van der Waals surface area contributed by atoms with Crippen molar-refractivity contribution in [3.63, 3.8) is 0 Å². The quantitative estimate of drug-likeness (QED) is 0.597. The Hall–Kier alpha value is -2.27. The SMILES string of the molecule is CC(=O)C(C(=O)c1ccccc1)C(c1cccs1)N1CCCC1=O. The summed E-state index contributed by atoms with van der Waals surface area (Å²) in [6.45, 7) is 2.03. The van der Waals surface area contributed by atoms with Crippen molar-refractivity contribution in [1.82, 2.24) is 4.90 Å². The van der Waals surface area contributed by atoms with Crippen molar-refractivity contribution in [2.75, 3.05) is 6.54 Å². The predicted octanol–water partition coefficient (Wildman–Crippen LogP) is 3.50. The maximum absolute atomic E-state index is 13.0. The minimum absolute atomic E-state index is 0.0144. The maximum atomic E-state index is 13.0. The molecule has 1 aliphatic rings. The zero-order chi connectivity index (χ0) is 17.1. The average molecular weight is 341 g/mol. The van der Waals surface area contributed by atoms with Gasteiger partial charge in [-0.15, -0.1) is 11.3 Å². The highest BCUT2D eigenvalue weighted by Crippen LogP contribution is 2.37. The molecule has 0 spiro atoms. The number of hydrogen-bond acceptors (Lipinski definition) is 4. The second kappa shape index (κ2) is 7.09. The van der Waals surface area contributed by atoms with E-state index in [9.17, 15) is 14.4 Å². The third-order valence-corrected chi connectivity index (χ3v) is 5.32. The van der Waals surface area contributed by atoms with E-state index >= 15 is 0 Å². The lowest BCUT2D eigenvalue weighted by molar-refractivity contribution is -0.132. The molecule has 1 fully saturated rings. The molecule has 5 heteroatoms. The van der Waals surface area contributed by atoms with Crippen molar-refractivity contribution < 1.29 is 14.4 Å². The van der Waals surface area contributed by atoms with E-state index in [1.807, 2.05) is 23.6 Å². The number of benzene rings is 1. The van der Waals surface area contributed by atoms with Gasteiger partial charge in [-0.2, -0.15) is 0 Å². The van der Waals surface area contributed by atoms with E-state index in [1.54, 1.807) is 29.2 Å². The summed E-state index contributed by atoms with van der Waals surface area (Å²) in [4.78, 5) is 40.3. The fourth-order valence-electron chi connectivity index (χ4n) is 3.25. The van der Waals surface area contributed by atoms with Crippen molar-refractivity contribution in [1.29, 1.82) is 0 Å². The van der Waals surface area contributed by atoms with Crippen LogP contribution in [0, 0.1) is 5.92 Å². The van der Waals surface area contributed by atoms with Crippen LogP contribution in [0.2, 0.25) is 0 Å². The highest BCUT2D eigenvalue weighted by molar-refractivity contribution is 7.10. The van der Waals surface area contributed by atoms with E-state index < -0.39 is 12.0 Å². The van der Waals surface area contributed by atoms with Crippen molar-refractivity contribution in [3.8, 4) is 0 Å². The molecule has 0 saturated carbocycles. The smallest absolute Gasteiger partial charge is 0.223 e. The number of ketones is 2. The van der Waals surface area contributed by atoms with Crippen LogP contribution in [0.3, 0.4) is 0 Å². The first kappa shape index (κ1) is 16.6. The number of likely N-dealkylation sites (tertiary alicyclic amines) is 1. The first-order valence-electron chi connectivity index (χ1n) is 8.02. The molecule has 1 amide bonds. The lowest BCUT2D eigenvalue weighted by atomic mass is 9.86. The van der Waals surface area contributed by atoms with Gasteiger partial charge in [0.25, 0.3) is 0 Å². The molecule has 3 rings (SSSR count). The van der Waals surface area contributed by atoms with Gasteiger partial charge in [0, 0.05) is 23.4 Å². The molecule has 124 valence electrons. The summed E-state index contributed by atoms with van der Waals surface area (Å²) in [6, 6.07) is 12.1. The van der Waals surface area contributed by atoms with Gasteiger partial charge in [0.05, 0.1) is 6.04 Å². The van der Waals surface area contributed by atoms with E-state index in [0.29, 0.717) is 18.5 Å². The molecular formula is C19H19NO3S. The van der Waals surface area contributed by atoms with Gasteiger partial charge in [-0.1, -0.05) is 36.4 Å². The lowest BCUT2D eigenvalue weighted by Gasteiger charge is -2.32. The number of rotatable bonds is 6. The van der Waals surface area contributed by atoms with Crippen LogP contribution in [0.25, 0.3) is 0 Å². The summed E-state index contributed by atoms with van der Waals surface area (Å²) in [7, 11) is 0. The highest BCUT2D eigenvalue weighted by Gasteiger charge is 2.41. The second-order valence-corrected chi connectivity index (χ2v) is 6.95. The summed E-state index contributed by atoms with van der Waals surface area (Å²) in [5, 5.41) is 1.91. The van der Waals surface area contributed by atoms with Crippen LogP contribution >= 0.6 is 11.3 Å². The van der Waals surface area contributed by atoms with E-state index in [-0.39, 0.29) is 17.5 Å². The predicted molar refractivity (Wildman–Crippen MR) is 93.0 cm³/mol. The van der Waals surface area contributed by atoms with E-state index in [1.165, 1.54) is 18.3 Å². The van der Waals surface area contributed by atoms with E-state index in [4.69, 9.17) is 0 Å². The number of Topliss-reactive ketones (excluding diaryl/α,β-unsaturated/α-hetero) is 2. The molecule has 1 saturated heterocycles. The number of nitrogens with zero attached hydrogens (tertiary/aromatic N) is 1. The Morgan fingerprint density at radius 2 is 1.88 bits per heavy atom. The number of thiophene rings is 1. The van der Waals surface area contributed by atoms with Gasteiger partial charge in [0.1, 0.15) is 11.7 Å². The second-order valence-electron chi connectivity index (χ2n) is 5.97. The van der Waals surface area contributed by atoms with E-state index in [0.717, 1.165) is 11.3 Å². The van der Waals surface area contributed by atoms with Crippen LogP contribution in [0.15, 0.2) is 47.8 Å². The summed E-state index contributed by atoms with van der Waals surface area (Å²) in [5.41, 5.74) is 0.505. The van der Waals surface area contributed by atoms with Gasteiger partial charge in [-0.3, -0.25) is 14.4 Å². The summed E-state index contributed by atoms with van der Waals surface area (Å²) < 4.78 is 0. The normalized spacial score (nSPS) is 16.9. The average Bonchev–Trinajstić information content (AvgIpc) is 3.24. The number of amides is 1. The molecule has 0 aliphatic carbocycles. The van der Waals surface area contributed by atoms with Gasteiger partial charge >= 0.3 is 0 Å². The molecule has 0 N–H and O–H groups in total. The van der Waals surface area contributed by atoms with Crippen molar-refractivity contribution in [2.45, 2.75) is 25.8 Å². The minimum Gasteiger partial charge on any atom is -0.334 e. The number of carbonyl (C=O) groups excluding carboxylic acids is 3. The van der Waals surface area contributed by atoms with Crippen molar-refractivity contribution >= 4 is 28.8 Å². The molecular weight excluding hydrogens is 322 g/mol. The molecule has 2 unspecified atom stereocenters. The van der Waals surface area contributed by atoms with Gasteiger partial charge in [0.2, 0.25) is 5.91 Å². The molecule has 2 heterocycles. The zero-order valence-corrected chi connectivity index (χ0v) is 14.3. The Morgan fingerprint density at radius 1 is 1.12 bits per heavy atom. The zero-order valence-electron chi connectivity index (χ0n) is 13.5. The highest BCUT2D eigenvalue weighted by atomic mass is 32.1. The Labute approximate surface area is 145 Å². The Bertz CT molecular complexity index is 739. The molecule has 0 radical (unpaired) electrons. The fourth-order valence-corrected chi connectivity index (χ4v) is 4.13. The Kier molecular flexibility index (Phi) is 4.90. The number of hydrogen-bond donors (Lipinski definition) is 0. The molecule has 2 atom stereocenters. The Morgan fingerprint density at radius 3 is 2.42 bits per heavy atom. The topological polar surface area (TPSA) is 54.5 Å². The maximum Gasteiger partial charge on any atom is 0.223 e. The molecule has 1 aromatic carbocycles. The summed E-state index contributed by atoms with van der Waals surface area (Å²) >= 11 is 1.48.